The number of aliphatic imine (C=N–C) groups is 1. The van der Waals surface area contributed by atoms with Gasteiger partial charge in [-0.1, -0.05) is 30.2 Å². The van der Waals surface area contributed by atoms with Crippen LogP contribution in [0.25, 0.3) is 0 Å². The molecular formula is C25H28N4O2. The first kappa shape index (κ1) is 20.8. The van der Waals surface area contributed by atoms with Crippen molar-refractivity contribution in [2.45, 2.75) is 43.7 Å². The van der Waals surface area contributed by atoms with Crippen molar-refractivity contribution in [1.29, 1.82) is 0 Å². The molecular weight excluding hydrogens is 388 g/mol. The number of amides is 1. The summed E-state index contributed by atoms with van der Waals surface area (Å²) < 4.78 is 6.43. The first-order valence-corrected chi connectivity index (χ1v) is 10.7. The van der Waals surface area contributed by atoms with E-state index in [1.807, 2.05) is 36.4 Å². The summed E-state index contributed by atoms with van der Waals surface area (Å²) in [6.45, 7) is 0.0932. The average molecular weight is 417 g/mol. The first-order chi connectivity index (χ1) is 15.1. The number of ether oxygens (including phenoxy) is 1. The summed E-state index contributed by atoms with van der Waals surface area (Å²) in [5.41, 5.74) is 2.41. The van der Waals surface area contributed by atoms with Gasteiger partial charge in [-0.2, -0.15) is 0 Å². The molecule has 1 aliphatic heterocycles. The molecule has 0 aromatic heterocycles. The molecule has 0 radical (unpaired) electrons. The molecule has 1 spiro atoms. The van der Waals surface area contributed by atoms with Crippen molar-refractivity contribution >= 4 is 17.6 Å². The molecule has 4 rings (SSSR count). The van der Waals surface area contributed by atoms with Crippen LogP contribution in [0.5, 0.6) is 5.75 Å². The molecule has 1 amide bonds. The van der Waals surface area contributed by atoms with Gasteiger partial charge in [0.25, 0.3) is 0 Å². The molecule has 2 aliphatic rings. The molecule has 1 unspecified atom stereocenters. The van der Waals surface area contributed by atoms with E-state index in [1.165, 1.54) is 12.8 Å². The third-order valence-electron chi connectivity index (χ3n) is 5.98. The number of hydrogen-bond donors (Lipinski definition) is 3. The highest BCUT2D eigenvalue weighted by atomic mass is 16.5. The molecule has 6 nitrogen and oxygen atoms in total. The van der Waals surface area contributed by atoms with Gasteiger partial charge >= 0.3 is 0 Å². The van der Waals surface area contributed by atoms with Gasteiger partial charge in [0.15, 0.2) is 5.96 Å². The minimum Gasteiger partial charge on any atom is -0.487 e. The Balaban J connectivity index is 1.39. The number of carbonyl (C=O) groups is 1. The predicted molar refractivity (Wildman–Crippen MR) is 123 cm³/mol. The lowest BCUT2D eigenvalue weighted by atomic mass is 9.86. The van der Waals surface area contributed by atoms with E-state index in [1.54, 1.807) is 13.1 Å². The van der Waals surface area contributed by atoms with Gasteiger partial charge in [-0.3, -0.25) is 9.79 Å². The first-order valence-electron chi connectivity index (χ1n) is 10.7. The fourth-order valence-electron chi connectivity index (χ4n) is 4.49. The van der Waals surface area contributed by atoms with Gasteiger partial charge in [0.2, 0.25) is 5.91 Å². The lowest BCUT2D eigenvalue weighted by Gasteiger charge is -2.40. The molecule has 2 aromatic rings. The Morgan fingerprint density at radius 2 is 2.03 bits per heavy atom. The second-order valence-corrected chi connectivity index (χ2v) is 8.13. The van der Waals surface area contributed by atoms with Gasteiger partial charge in [0.1, 0.15) is 11.4 Å². The van der Waals surface area contributed by atoms with Crippen LogP contribution in [0.4, 0.5) is 5.69 Å². The summed E-state index contributed by atoms with van der Waals surface area (Å²) in [6.07, 6.45) is 10.9. The van der Waals surface area contributed by atoms with Crippen LogP contribution < -0.4 is 20.7 Å². The van der Waals surface area contributed by atoms with E-state index in [4.69, 9.17) is 11.2 Å². The molecule has 160 valence electrons. The zero-order valence-corrected chi connectivity index (χ0v) is 17.8. The van der Waals surface area contributed by atoms with E-state index in [2.05, 4.69) is 32.9 Å². The highest BCUT2D eigenvalue weighted by Crippen LogP contribution is 2.46. The average Bonchev–Trinajstić information content (AvgIpc) is 3.23. The van der Waals surface area contributed by atoms with E-state index in [0.29, 0.717) is 11.6 Å². The summed E-state index contributed by atoms with van der Waals surface area (Å²) >= 11 is 0. The largest absolute Gasteiger partial charge is 0.487 e. The van der Waals surface area contributed by atoms with Crippen molar-refractivity contribution in [2.75, 3.05) is 18.9 Å². The fourth-order valence-corrected chi connectivity index (χ4v) is 4.49. The Hall–Kier alpha value is -3.46. The van der Waals surface area contributed by atoms with Crippen LogP contribution in [-0.2, 0) is 4.79 Å². The Kier molecular flexibility index (Phi) is 6.13. The highest BCUT2D eigenvalue weighted by Gasteiger charge is 2.43. The smallest absolute Gasteiger partial charge is 0.243 e. The molecule has 31 heavy (non-hydrogen) atoms. The van der Waals surface area contributed by atoms with Crippen LogP contribution in [-0.4, -0.2) is 31.1 Å². The number of hydrogen-bond acceptors (Lipinski definition) is 3. The van der Waals surface area contributed by atoms with E-state index in [-0.39, 0.29) is 24.1 Å². The minimum absolute atomic E-state index is 0.0737. The summed E-state index contributed by atoms with van der Waals surface area (Å²) in [5.74, 6) is 3.92. The van der Waals surface area contributed by atoms with Crippen LogP contribution in [0.15, 0.2) is 53.5 Å². The number of nitrogens with zero attached hydrogens (tertiary/aromatic N) is 1. The maximum Gasteiger partial charge on any atom is 0.243 e. The van der Waals surface area contributed by atoms with E-state index in [9.17, 15) is 4.79 Å². The van der Waals surface area contributed by atoms with Gasteiger partial charge < -0.3 is 20.7 Å². The van der Waals surface area contributed by atoms with Crippen LogP contribution in [0.3, 0.4) is 0 Å². The summed E-state index contributed by atoms with van der Waals surface area (Å²) in [6, 6.07) is 15.5. The van der Waals surface area contributed by atoms with Crippen LogP contribution in [0.1, 0.15) is 49.3 Å². The number of benzene rings is 2. The lowest BCUT2D eigenvalue weighted by molar-refractivity contribution is -0.115. The van der Waals surface area contributed by atoms with Crippen LogP contribution in [0.2, 0.25) is 0 Å². The number of anilines is 1. The van der Waals surface area contributed by atoms with Crippen LogP contribution >= 0.6 is 0 Å². The predicted octanol–water partition coefficient (Wildman–Crippen LogP) is 3.61. The van der Waals surface area contributed by atoms with E-state index in [0.717, 1.165) is 36.1 Å². The zero-order valence-electron chi connectivity index (χ0n) is 17.8. The van der Waals surface area contributed by atoms with Crippen molar-refractivity contribution in [3.63, 3.8) is 0 Å². The number of terminal acetylenes is 1. The molecule has 1 saturated carbocycles. The van der Waals surface area contributed by atoms with Gasteiger partial charge in [0, 0.05) is 30.3 Å². The Bertz CT molecular complexity index is 1020. The van der Waals surface area contributed by atoms with Gasteiger partial charge in [-0.05, 0) is 49.9 Å². The summed E-state index contributed by atoms with van der Waals surface area (Å²) in [4.78, 5) is 16.7. The van der Waals surface area contributed by atoms with Crippen molar-refractivity contribution in [2.24, 2.45) is 4.99 Å². The quantitative estimate of drug-likeness (QED) is 0.404. The molecule has 6 heteroatoms. The van der Waals surface area contributed by atoms with Crippen LogP contribution in [0, 0.1) is 12.3 Å². The topological polar surface area (TPSA) is 74.8 Å². The normalized spacial score (nSPS) is 19.1. The molecule has 1 aliphatic carbocycles. The van der Waals surface area contributed by atoms with Crippen molar-refractivity contribution in [3.8, 4) is 18.1 Å². The third-order valence-corrected chi connectivity index (χ3v) is 5.98. The third kappa shape index (κ3) is 4.83. The summed E-state index contributed by atoms with van der Waals surface area (Å²) in [5, 5.41) is 9.48. The zero-order chi connectivity index (χ0) is 21.7. The number of rotatable bonds is 4. The van der Waals surface area contributed by atoms with Crippen molar-refractivity contribution in [3.05, 3.63) is 59.7 Å². The van der Waals surface area contributed by atoms with E-state index >= 15 is 0 Å². The molecule has 0 saturated heterocycles. The molecule has 2 aromatic carbocycles. The molecule has 1 atom stereocenters. The highest BCUT2D eigenvalue weighted by molar-refractivity contribution is 5.95. The number of nitrogens with one attached hydrogen (secondary N) is 3. The number of para-hydroxylation sites is 1. The van der Waals surface area contributed by atoms with Crippen molar-refractivity contribution in [1.82, 2.24) is 10.6 Å². The molecule has 0 bridgehead atoms. The molecule has 3 N–H and O–H groups in total. The molecule has 1 fully saturated rings. The second kappa shape index (κ2) is 9.13. The van der Waals surface area contributed by atoms with Gasteiger partial charge in [-0.25, -0.2) is 0 Å². The standard InChI is InChI=1S/C25H28N4O2/c1-3-18-9-8-10-19(15-18)28-23(30)17-27-24(26-2)29-21-16-25(13-6-7-14-25)31-22-12-5-4-11-20(21)22/h1,4-5,8-12,15,21H,6-7,13-14,16-17H2,2H3,(H,28,30)(H2,26,27,29). The van der Waals surface area contributed by atoms with Gasteiger partial charge in [0.05, 0.1) is 12.6 Å². The second-order valence-electron chi connectivity index (χ2n) is 8.13. The minimum atomic E-state index is -0.170. The number of guanidine groups is 1. The summed E-state index contributed by atoms with van der Waals surface area (Å²) in [7, 11) is 1.71. The van der Waals surface area contributed by atoms with Crippen molar-refractivity contribution < 1.29 is 9.53 Å². The SMILES string of the molecule is C#Cc1cccc(NC(=O)CNC(=NC)NC2CC3(CCCC3)Oc3ccccc32)c1. The van der Waals surface area contributed by atoms with Gasteiger partial charge in [-0.15, -0.1) is 6.42 Å². The number of carbonyl (C=O) groups excluding carboxylic acids is 1. The number of fused-ring (bicyclic) bond motifs is 1. The Morgan fingerprint density at radius 3 is 2.81 bits per heavy atom. The maximum absolute atomic E-state index is 12.4. The van der Waals surface area contributed by atoms with E-state index < -0.39 is 0 Å². The monoisotopic (exact) mass is 416 g/mol. The fraction of sp³-hybridized carbons (Fsp3) is 0.360. The lowest BCUT2D eigenvalue weighted by Crippen LogP contribution is -2.47. The Morgan fingerprint density at radius 1 is 1.23 bits per heavy atom. The maximum atomic E-state index is 12.4. The molecule has 1 heterocycles. The Labute approximate surface area is 183 Å².